The summed E-state index contributed by atoms with van der Waals surface area (Å²) in [6.07, 6.45) is -7.59. The normalized spacial score (nSPS) is 25.7. The molecule has 6 N–H and O–H groups in total. The first kappa shape index (κ1) is 29.9. The van der Waals surface area contributed by atoms with E-state index in [1.165, 1.54) is 0 Å². The summed E-state index contributed by atoms with van der Waals surface area (Å²) in [6.45, 7) is 0.478. The van der Waals surface area contributed by atoms with E-state index in [1.54, 1.807) is 30.3 Å². The second kappa shape index (κ2) is 13.1. The predicted molar refractivity (Wildman–Crippen MR) is 108 cm³/mol. The molecule has 0 aliphatic carbocycles. The Morgan fingerprint density at radius 1 is 1.21 bits per heavy atom. The number of aliphatic hydroxyl groups excluding tert-OH is 3. The van der Waals surface area contributed by atoms with E-state index in [-0.39, 0.29) is 29.6 Å². The molecular weight excluding hydrogens is 465 g/mol. The summed E-state index contributed by atoms with van der Waals surface area (Å²) in [5, 5.41) is 49.6. The van der Waals surface area contributed by atoms with Crippen molar-refractivity contribution in [2.45, 2.75) is 49.6 Å². The fourth-order valence-corrected chi connectivity index (χ4v) is 3.33. The summed E-state index contributed by atoms with van der Waals surface area (Å²) < 4.78 is 10.2. The van der Waals surface area contributed by atoms with Crippen LogP contribution in [0.3, 0.4) is 0 Å². The first-order valence-corrected chi connectivity index (χ1v) is 9.90. The molecule has 1 aliphatic rings. The summed E-state index contributed by atoms with van der Waals surface area (Å²) in [7, 11) is 0.979. The molecule has 0 saturated carbocycles. The van der Waals surface area contributed by atoms with E-state index in [9.17, 15) is 39.6 Å². The van der Waals surface area contributed by atoms with Gasteiger partial charge in [0.15, 0.2) is 0 Å². The Morgan fingerprint density at radius 3 is 2.35 bits per heavy atom. The van der Waals surface area contributed by atoms with Gasteiger partial charge in [0.25, 0.3) is 0 Å². The van der Waals surface area contributed by atoms with E-state index >= 15 is 0 Å². The molecule has 1 heterocycles. The predicted octanol–water partition coefficient (Wildman–Crippen LogP) is -6.79. The topological polar surface area (TPSA) is 207 Å². The molecule has 14 heteroatoms. The maximum Gasteiger partial charge on any atom is 1.00 e. The number of nitrogens with one attached hydrogen (secondary N) is 3. The third-order valence-corrected chi connectivity index (χ3v) is 5.02. The Hall–Kier alpha value is -2.10. The van der Waals surface area contributed by atoms with Gasteiger partial charge in [-0.3, -0.25) is 14.4 Å². The molecule has 1 unspecified atom stereocenters. The summed E-state index contributed by atoms with van der Waals surface area (Å²) in [5.74, 6) is -7.08. The molecule has 6 atom stereocenters. The molecule has 13 nitrogen and oxygen atoms in total. The fraction of sp³-hybridized carbons (Fsp3) is 0.500. The third-order valence-electron chi connectivity index (χ3n) is 5.02. The van der Waals surface area contributed by atoms with Crippen LogP contribution in [0, 0.1) is 0 Å². The zero-order valence-electron chi connectivity index (χ0n) is 18.9. The van der Waals surface area contributed by atoms with Crippen molar-refractivity contribution in [1.29, 1.82) is 0 Å². The Morgan fingerprint density at radius 2 is 1.82 bits per heavy atom. The van der Waals surface area contributed by atoms with Gasteiger partial charge >= 0.3 is 41.4 Å². The molecule has 34 heavy (non-hydrogen) atoms. The van der Waals surface area contributed by atoms with Gasteiger partial charge in [0.05, 0.1) is 18.2 Å². The van der Waals surface area contributed by atoms with Crippen molar-refractivity contribution in [2.24, 2.45) is 0 Å². The number of carbonyl (C=O) groups is 4. The number of hydrogen-bond acceptors (Lipinski definition) is 10. The minimum absolute atomic E-state index is 0. The van der Waals surface area contributed by atoms with Gasteiger partial charge in [-0.25, -0.2) is 0 Å². The smallest absolute Gasteiger partial charge is 0.544 e. The first-order valence-electron chi connectivity index (χ1n) is 9.90. The largest absolute Gasteiger partial charge is 1.00 e. The summed E-state index contributed by atoms with van der Waals surface area (Å²) >= 11 is 0. The van der Waals surface area contributed by atoms with Crippen LogP contribution in [0.25, 0.3) is 0 Å². The standard InChI is InChI=1S/C20H27N3O10.Na/c1-10(24)22-14-12(25)8-20(32-2,19(30)31)33-16(14)15(27)13(26)9-21-17(28)18(29)23-11-6-4-3-5-7-11;/h3-7,12-16,25-27H,8-9H2,1-2H3,(H,21,28)(H,22,24)(H,23,29)(H,30,31);/q;+1/p-1/t12-,13+,14+,15+,16+,20?;/m0./s1. The first-order chi connectivity index (χ1) is 15.5. The molecule has 3 amide bonds. The number of amides is 3. The quantitative estimate of drug-likeness (QED) is 0.150. The van der Waals surface area contributed by atoms with Crippen LogP contribution < -0.4 is 50.6 Å². The van der Waals surface area contributed by atoms with Crippen LogP contribution in [-0.2, 0) is 28.7 Å². The van der Waals surface area contributed by atoms with Crippen LogP contribution in [0.4, 0.5) is 5.69 Å². The average molecular weight is 491 g/mol. The number of carboxylic acid groups (broad SMARTS) is 1. The van der Waals surface area contributed by atoms with Gasteiger partial charge in [0, 0.05) is 32.7 Å². The van der Waals surface area contributed by atoms with Crippen LogP contribution in [0.15, 0.2) is 30.3 Å². The van der Waals surface area contributed by atoms with Gasteiger partial charge < -0.3 is 50.6 Å². The number of rotatable bonds is 8. The maximum atomic E-state index is 12.0. The van der Waals surface area contributed by atoms with Gasteiger partial charge in [0.2, 0.25) is 11.7 Å². The van der Waals surface area contributed by atoms with E-state index in [4.69, 9.17) is 9.47 Å². The van der Waals surface area contributed by atoms with Gasteiger partial charge in [-0.05, 0) is 12.1 Å². The molecular formula is C20H26N3NaO10. The van der Waals surface area contributed by atoms with E-state index in [2.05, 4.69) is 16.0 Å². The number of aliphatic carboxylic acids is 1. The zero-order chi connectivity index (χ0) is 24.8. The average Bonchev–Trinajstić information content (AvgIpc) is 2.78. The molecule has 0 radical (unpaired) electrons. The Balaban J connectivity index is 0.00000578. The second-order valence-electron chi connectivity index (χ2n) is 7.41. The van der Waals surface area contributed by atoms with Crippen molar-refractivity contribution in [3.63, 3.8) is 0 Å². The minimum atomic E-state index is -2.46. The monoisotopic (exact) mass is 491 g/mol. The minimum Gasteiger partial charge on any atom is -0.544 e. The van der Waals surface area contributed by atoms with E-state index in [1.807, 2.05) is 0 Å². The van der Waals surface area contributed by atoms with Gasteiger partial charge in [-0.2, -0.15) is 0 Å². The number of ether oxygens (including phenoxy) is 2. The molecule has 1 saturated heterocycles. The second-order valence-corrected chi connectivity index (χ2v) is 7.41. The van der Waals surface area contributed by atoms with Crippen molar-refractivity contribution < 1.29 is 78.6 Å². The fourth-order valence-electron chi connectivity index (χ4n) is 3.33. The van der Waals surface area contributed by atoms with E-state index in [0.717, 1.165) is 14.0 Å². The van der Waals surface area contributed by atoms with Crippen LogP contribution in [0.2, 0.25) is 0 Å². The number of benzene rings is 1. The molecule has 0 aromatic heterocycles. The Kier molecular flexibility index (Phi) is 11.5. The number of anilines is 1. The molecule has 1 aromatic rings. The molecule has 1 aliphatic heterocycles. The van der Waals surface area contributed by atoms with Crippen LogP contribution in [-0.4, -0.2) is 88.9 Å². The molecule has 1 fully saturated rings. The van der Waals surface area contributed by atoms with Crippen molar-refractivity contribution in [3.05, 3.63) is 30.3 Å². The Labute approximate surface area is 217 Å². The van der Waals surface area contributed by atoms with Crippen molar-refractivity contribution in [2.75, 3.05) is 19.0 Å². The van der Waals surface area contributed by atoms with E-state index < -0.39 is 72.9 Å². The van der Waals surface area contributed by atoms with Gasteiger partial charge in [0.1, 0.15) is 18.2 Å². The number of aliphatic hydroxyl groups is 3. The zero-order valence-corrected chi connectivity index (χ0v) is 20.9. The molecule has 1 aromatic carbocycles. The number of methoxy groups -OCH3 is 1. The number of para-hydroxylation sites is 1. The van der Waals surface area contributed by atoms with Crippen LogP contribution in [0.5, 0.6) is 0 Å². The SMILES string of the molecule is COC1(C(=O)[O-])C[C@H](O)[C@@H](NC(C)=O)[C@H]([C@H](O)[C@H](O)CNC(=O)C(=O)Nc2ccccc2)O1.[Na+]. The summed E-state index contributed by atoms with van der Waals surface area (Å²) in [5.41, 5.74) is 0.360. The van der Waals surface area contributed by atoms with Crippen molar-refractivity contribution in [1.82, 2.24) is 10.6 Å². The van der Waals surface area contributed by atoms with Gasteiger partial charge in [-0.1, -0.05) is 18.2 Å². The maximum absolute atomic E-state index is 12.0. The molecule has 2 rings (SSSR count). The number of carbonyl (C=O) groups excluding carboxylic acids is 4. The molecule has 182 valence electrons. The third kappa shape index (κ3) is 7.45. The number of hydrogen-bond donors (Lipinski definition) is 6. The summed E-state index contributed by atoms with van der Waals surface area (Å²) in [4.78, 5) is 47.0. The molecule has 0 spiro atoms. The van der Waals surface area contributed by atoms with Crippen LogP contribution in [0.1, 0.15) is 13.3 Å². The van der Waals surface area contributed by atoms with Crippen molar-refractivity contribution in [3.8, 4) is 0 Å². The summed E-state index contributed by atoms with van der Waals surface area (Å²) in [6, 6.07) is 6.78. The molecule has 0 bridgehead atoms. The van der Waals surface area contributed by atoms with E-state index in [0.29, 0.717) is 5.69 Å². The number of carboxylic acids is 1. The van der Waals surface area contributed by atoms with Crippen LogP contribution >= 0.6 is 0 Å². The van der Waals surface area contributed by atoms with Crippen molar-refractivity contribution >= 4 is 29.4 Å². The van der Waals surface area contributed by atoms with Gasteiger partial charge in [-0.15, -0.1) is 0 Å². The Bertz CT molecular complexity index is 873.